The fourth-order valence-electron chi connectivity index (χ4n) is 4.77. The van der Waals surface area contributed by atoms with Crippen molar-refractivity contribution in [1.82, 2.24) is 9.29 Å². The Balaban J connectivity index is 1.47. The van der Waals surface area contributed by atoms with E-state index in [1.807, 2.05) is 13.8 Å². The highest BCUT2D eigenvalue weighted by Gasteiger charge is 2.32. The summed E-state index contributed by atoms with van der Waals surface area (Å²) < 4.78 is 34.2. The average molecular weight is 614 g/mol. The van der Waals surface area contributed by atoms with E-state index in [2.05, 4.69) is 10.1 Å². The number of hydrogen-bond acceptors (Lipinski definition) is 10. The molecule has 41 heavy (non-hydrogen) atoms. The van der Waals surface area contributed by atoms with Crippen molar-refractivity contribution in [2.45, 2.75) is 25.2 Å². The Bertz CT molecular complexity index is 1720. The lowest BCUT2D eigenvalue weighted by Crippen LogP contribution is -2.42. The second-order valence-corrected chi connectivity index (χ2v) is 14.0. The summed E-state index contributed by atoms with van der Waals surface area (Å²) in [5, 5.41) is 16.8. The van der Waals surface area contributed by atoms with Crippen LogP contribution in [0.2, 0.25) is 0 Å². The highest BCUT2D eigenvalue weighted by Crippen LogP contribution is 2.33. The van der Waals surface area contributed by atoms with Crippen molar-refractivity contribution in [2.24, 2.45) is 16.9 Å². The van der Waals surface area contributed by atoms with Gasteiger partial charge < -0.3 is 4.74 Å². The smallest absolute Gasteiger partial charge is 0.324 e. The standard InChI is InChI=1S/C27H27N5O6S3/c1-17-12-18(2)16-30(15-17)41(36,37)22-8-4-19(5-9-22)26(33)31(28-14-21-7-11-25(39-21)32(34)35)27-29-23-10-6-20(38-3)13-24(23)40-27/h4-11,13-14,17-18H,12,15-16H2,1-3H3/b28-14+. The van der Waals surface area contributed by atoms with Gasteiger partial charge in [0, 0.05) is 24.7 Å². The summed E-state index contributed by atoms with van der Waals surface area (Å²) in [6.07, 6.45) is 2.34. The number of rotatable bonds is 8. The number of sulfonamides is 1. The quantitative estimate of drug-likeness (QED) is 0.143. The molecule has 11 nitrogen and oxygen atoms in total. The molecule has 2 unspecified atom stereocenters. The Hall–Kier alpha value is -3.72. The molecule has 1 aliphatic rings. The molecule has 2 aromatic carbocycles. The molecule has 0 spiro atoms. The molecular weight excluding hydrogens is 587 g/mol. The van der Waals surface area contributed by atoms with Gasteiger partial charge in [-0.1, -0.05) is 36.5 Å². The number of benzene rings is 2. The number of thiophene rings is 1. The lowest BCUT2D eigenvalue weighted by molar-refractivity contribution is -0.380. The molecule has 0 saturated carbocycles. The maximum Gasteiger partial charge on any atom is 0.324 e. The van der Waals surface area contributed by atoms with Crippen LogP contribution in [0.15, 0.2) is 64.6 Å². The fourth-order valence-corrected chi connectivity index (χ4v) is 8.08. The minimum Gasteiger partial charge on any atom is -0.497 e. The van der Waals surface area contributed by atoms with E-state index < -0.39 is 20.9 Å². The number of nitrogens with zero attached hydrogens (tertiary/aromatic N) is 5. The molecule has 5 rings (SSSR count). The molecule has 4 aromatic rings. The Morgan fingerprint density at radius 1 is 1.12 bits per heavy atom. The van der Waals surface area contributed by atoms with Crippen molar-refractivity contribution < 1.29 is 22.9 Å². The van der Waals surface area contributed by atoms with E-state index in [0.717, 1.165) is 27.5 Å². The van der Waals surface area contributed by atoms with Crippen LogP contribution in [0.3, 0.4) is 0 Å². The largest absolute Gasteiger partial charge is 0.497 e. The van der Waals surface area contributed by atoms with Crippen molar-refractivity contribution in [3.8, 4) is 5.75 Å². The first kappa shape index (κ1) is 28.8. The number of aromatic nitrogens is 1. The van der Waals surface area contributed by atoms with Crippen LogP contribution < -0.4 is 9.75 Å². The third-order valence-electron chi connectivity index (χ3n) is 6.63. The van der Waals surface area contributed by atoms with Gasteiger partial charge in [0.15, 0.2) is 0 Å². The molecular formula is C27H27N5O6S3. The summed E-state index contributed by atoms with van der Waals surface area (Å²) in [5.74, 6) is 0.621. The second kappa shape index (κ2) is 11.6. The molecule has 1 amide bonds. The molecule has 1 saturated heterocycles. The molecule has 2 atom stereocenters. The summed E-state index contributed by atoms with van der Waals surface area (Å²) in [6, 6.07) is 14.0. The van der Waals surface area contributed by atoms with Crippen molar-refractivity contribution >= 4 is 65.2 Å². The van der Waals surface area contributed by atoms with Gasteiger partial charge in [-0.05, 0) is 66.8 Å². The Morgan fingerprint density at radius 3 is 2.46 bits per heavy atom. The summed E-state index contributed by atoms with van der Waals surface area (Å²) in [6.45, 7) is 5.00. The molecule has 214 valence electrons. The normalized spacial score (nSPS) is 18.1. The summed E-state index contributed by atoms with van der Waals surface area (Å²) in [5.41, 5.74) is 0.840. The minimum atomic E-state index is -3.71. The monoisotopic (exact) mass is 613 g/mol. The van der Waals surface area contributed by atoms with Crippen molar-refractivity contribution in [1.29, 1.82) is 0 Å². The van der Waals surface area contributed by atoms with Crippen LogP contribution >= 0.6 is 22.7 Å². The zero-order chi connectivity index (χ0) is 29.3. The molecule has 1 fully saturated rings. The van der Waals surface area contributed by atoms with Crippen LogP contribution in [-0.2, 0) is 10.0 Å². The van der Waals surface area contributed by atoms with Crippen LogP contribution in [0.25, 0.3) is 10.2 Å². The maximum absolute atomic E-state index is 13.7. The predicted molar refractivity (Wildman–Crippen MR) is 160 cm³/mol. The Kier molecular flexibility index (Phi) is 8.18. The SMILES string of the molecule is COc1ccc2nc(N(/N=C/c3ccc([N+](=O)[O-])s3)C(=O)c3ccc(S(=O)(=O)N4CC(C)CC(C)C4)cc3)sc2c1. The number of anilines is 1. The Morgan fingerprint density at radius 2 is 1.83 bits per heavy atom. The van der Waals surface area contributed by atoms with E-state index in [1.54, 1.807) is 31.4 Å². The predicted octanol–water partition coefficient (Wildman–Crippen LogP) is 5.62. The number of piperidine rings is 1. The molecule has 2 aromatic heterocycles. The lowest BCUT2D eigenvalue weighted by atomic mass is 9.94. The number of nitro groups is 1. The van der Waals surface area contributed by atoms with Gasteiger partial charge in [0.25, 0.3) is 5.91 Å². The first-order valence-corrected chi connectivity index (χ1v) is 15.8. The highest BCUT2D eigenvalue weighted by atomic mass is 32.2. The van der Waals surface area contributed by atoms with Crippen LogP contribution in [-0.4, -0.2) is 55.0 Å². The van der Waals surface area contributed by atoms with E-state index in [-0.39, 0.29) is 32.4 Å². The number of methoxy groups -OCH3 is 1. The van der Waals surface area contributed by atoms with E-state index in [1.165, 1.54) is 52.2 Å². The number of ether oxygens (including phenoxy) is 1. The van der Waals surface area contributed by atoms with Gasteiger partial charge >= 0.3 is 5.00 Å². The zero-order valence-electron chi connectivity index (χ0n) is 22.5. The molecule has 14 heteroatoms. The molecule has 0 bridgehead atoms. The molecule has 1 aliphatic heterocycles. The fraction of sp³-hybridized carbons (Fsp3) is 0.296. The number of hydrazone groups is 1. The topological polar surface area (TPSA) is 135 Å². The number of amides is 1. The van der Waals surface area contributed by atoms with Gasteiger partial charge in [0.1, 0.15) is 5.75 Å². The van der Waals surface area contributed by atoms with E-state index >= 15 is 0 Å². The number of fused-ring (bicyclic) bond motifs is 1. The van der Waals surface area contributed by atoms with Gasteiger partial charge in [-0.15, -0.1) is 0 Å². The summed E-state index contributed by atoms with van der Waals surface area (Å²) in [7, 11) is -2.16. The van der Waals surface area contributed by atoms with Gasteiger partial charge in [-0.3, -0.25) is 14.9 Å². The van der Waals surface area contributed by atoms with Gasteiger partial charge in [0.05, 0.1) is 38.2 Å². The van der Waals surface area contributed by atoms with Gasteiger partial charge in [-0.25, -0.2) is 13.4 Å². The van der Waals surface area contributed by atoms with Crippen LogP contribution in [0, 0.1) is 22.0 Å². The average Bonchev–Trinajstić information content (AvgIpc) is 3.59. The van der Waals surface area contributed by atoms with E-state index in [9.17, 15) is 23.3 Å². The first-order valence-electron chi connectivity index (χ1n) is 12.7. The van der Waals surface area contributed by atoms with Crippen molar-refractivity contribution in [3.05, 3.63) is 75.2 Å². The van der Waals surface area contributed by atoms with Crippen LogP contribution in [0.4, 0.5) is 10.1 Å². The van der Waals surface area contributed by atoms with Gasteiger partial charge in [0.2, 0.25) is 15.2 Å². The first-order chi connectivity index (χ1) is 19.5. The van der Waals surface area contributed by atoms with Crippen LogP contribution in [0.1, 0.15) is 35.5 Å². The van der Waals surface area contributed by atoms with Gasteiger partial charge in [-0.2, -0.15) is 14.4 Å². The highest BCUT2D eigenvalue weighted by molar-refractivity contribution is 7.89. The number of carbonyl (C=O) groups is 1. The second-order valence-electron chi connectivity index (χ2n) is 9.92. The molecule has 0 aliphatic carbocycles. The number of thiazole rings is 1. The third kappa shape index (κ3) is 6.15. The Labute approximate surface area is 244 Å². The molecule has 0 N–H and O–H groups in total. The summed E-state index contributed by atoms with van der Waals surface area (Å²) in [4.78, 5) is 29.5. The van der Waals surface area contributed by atoms with Crippen molar-refractivity contribution in [3.63, 3.8) is 0 Å². The lowest BCUT2D eigenvalue weighted by Gasteiger charge is -2.34. The molecule has 3 heterocycles. The van der Waals surface area contributed by atoms with E-state index in [0.29, 0.717) is 29.2 Å². The van der Waals surface area contributed by atoms with E-state index in [4.69, 9.17) is 4.74 Å². The summed E-state index contributed by atoms with van der Waals surface area (Å²) >= 11 is 2.15. The number of hydrogen-bond donors (Lipinski definition) is 0. The maximum atomic E-state index is 13.7. The number of carbonyl (C=O) groups excluding carboxylic acids is 1. The molecule has 0 radical (unpaired) electrons. The third-order valence-corrected chi connectivity index (χ3v) is 10.4. The van der Waals surface area contributed by atoms with Crippen molar-refractivity contribution in [2.75, 3.05) is 25.2 Å². The minimum absolute atomic E-state index is 0.0503. The zero-order valence-corrected chi connectivity index (χ0v) is 24.9. The van der Waals surface area contributed by atoms with Crippen LogP contribution in [0.5, 0.6) is 5.75 Å².